The van der Waals surface area contributed by atoms with Gasteiger partial charge in [0.25, 0.3) is 0 Å². The van der Waals surface area contributed by atoms with Gasteiger partial charge in [0, 0.05) is 31.9 Å². The number of aromatic nitrogens is 2. The van der Waals surface area contributed by atoms with Crippen LogP contribution in [0.2, 0.25) is 0 Å². The summed E-state index contributed by atoms with van der Waals surface area (Å²) in [6.45, 7) is 9.66. The van der Waals surface area contributed by atoms with Gasteiger partial charge in [-0.2, -0.15) is 5.10 Å². The molecule has 0 unspecified atom stereocenters. The third-order valence-corrected chi connectivity index (χ3v) is 4.34. The van der Waals surface area contributed by atoms with Crippen LogP contribution < -0.4 is 15.4 Å². The fourth-order valence-corrected chi connectivity index (χ4v) is 2.95. The molecule has 0 saturated carbocycles. The van der Waals surface area contributed by atoms with Crippen LogP contribution in [-0.4, -0.2) is 42.5 Å². The fourth-order valence-electron chi connectivity index (χ4n) is 2.95. The number of hydrogen-bond acceptors (Lipinski definition) is 3. The van der Waals surface area contributed by atoms with Crippen molar-refractivity contribution in [3.63, 3.8) is 0 Å². The monoisotopic (exact) mass is 499 g/mol. The topological polar surface area (TPSA) is 63.5 Å². The first kappa shape index (κ1) is 24.3. The summed E-state index contributed by atoms with van der Waals surface area (Å²) in [6.07, 6.45) is 3.07. The van der Waals surface area contributed by atoms with Crippen molar-refractivity contribution in [1.82, 2.24) is 20.4 Å². The van der Waals surface area contributed by atoms with E-state index in [0.29, 0.717) is 0 Å². The van der Waals surface area contributed by atoms with Crippen molar-refractivity contribution >= 4 is 29.9 Å². The number of aliphatic imine (C=N–C) groups is 1. The summed E-state index contributed by atoms with van der Waals surface area (Å²) in [5.41, 5.74) is 3.60. The van der Waals surface area contributed by atoms with Crippen LogP contribution in [-0.2, 0) is 13.0 Å². The average Bonchev–Trinajstić information content (AvgIpc) is 2.99. The summed E-state index contributed by atoms with van der Waals surface area (Å²) in [4.78, 5) is 4.67. The number of rotatable bonds is 10. The second kappa shape index (κ2) is 13.4. The molecule has 0 bridgehead atoms. The molecule has 0 aliphatic heterocycles. The quantitative estimate of drug-likeness (QED) is 0.227. The second-order valence-corrected chi connectivity index (χ2v) is 6.64. The van der Waals surface area contributed by atoms with Gasteiger partial charge in [-0.1, -0.05) is 12.1 Å². The minimum Gasteiger partial charge on any atom is -0.497 e. The van der Waals surface area contributed by atoms with E-state index in [1.165, 1.54) is 11.3 Å². The standard InChI is InChI=1S/C21H33N5O.HI/c1-5-22-21(24-14-7-15-26-18(3)16-17(2)25-26)23-13-6-8-19-9-11-20(27-4)12-10-19;/h9-12,16H,5-8,13-15H2,1-4H3,(H2,22,23,24);1H. The van der Waals surface area contributed by atoms with Crippen LogP contribution >= 0.6 is 24.0 Å². The highest BCUT2D eigenvalue weighted by molar-refractivity contribution is 14.0. The summed E-state index contributed by atoms with van der Waals surface area (Å²) in [7, 11) is 1.69. The van der Waals surface area contributed by atoms with Crippen molar-refractivity contribution in [3.8, 4) is 5.75 Å². The first-order valence-corrected chi connectivity index (χ1v) is 9.78. The number of ether oxygens (including phenoxy) is 1. The first-order chi connectivity index (χ1) is 13.1. The van der Waals surface area contributed by atoms with Crippen LogP contribution in [0, 0.1) is 13.8 Å². The van der Waals surface area contributed by atoms with E-state index in [1.54, 1.807) is 7.11 Å². The van der Waals surface area contributed by atoms with Gasteiger partial charge in [-0.3, -0.25) is 9.67 Å². The smallest absolute Gasteiger partial charge is 0.191 e. The molecule has 1 aromatic heterocycles. The van der Waals surface area contributed by atoms with Gasteiger partial charge < -0.3 is 15.4 Å². The van der Waals surface area contributed by atoms with Crippen molar-refractivity contribution in [2.24, 2.45) is 4.99 Å². The zero-order chi connectivity index (χ0) is 19.5. The Bertz CT molecular complexity index is 712. The maximum atomic E-state index is 5.19. The summed E-state index contributed by atoms with van der Waals surface area (Å²) in [5.74, 6) is 1.79. The van der Waals surface area contributed by atoms with Crippen molar-refractivity contribution < 1.29 is 4.74 Å². The average molecular weight is 499 g/mol. The molecule has 156 valence electrons. The number of aryl methyl sites for hydroxylation is 4. The molecule has 2 N–H and O–H groups in total. The van der Waals surface area contributed by atoms with Crippen LogP contribution in [0.25, 0.3) is 0 Å². The second-order valence-electron chi connectivity index (χ2n) is 6.64. The van der Waals surface area contributed by atoms with Crippen molar-refractivity contribution in [2.75, 3.05) is 26.7 Å². The Morgan fingerprint density at radius 1 is 1.14 bits per heavy atom. The Hall–Kier alpha value is -1.77. The molecule has 0 spiro atoms. The molecule has 0 amide bonds. The van der Waals surface area contributed by atoms with E-state index in [9.17, 15) is 0 Å². The Morgan fingerprint density at radius 2 is 1.89 bits per heavy atom. The molecular weight excluding hydrogens is 465 g/mol. The maximum absolute atomic E-state index is 5.19. The Labute approximate surface area is 186 Å². The summed E-state index contributed by atoms with van der Waals surface area (Å²) < 4.78 is 7.25. The highest BCUT2D eigenvalue weighted by Gasteiger charge is 2.01. The molecule has 0 fully saturated rings. The summed E-state index contributed by atoms with van der Waals surface area (Å²) in [5, 5.41) is 11.2. The van der Waals surface area contributed by atoms with Gasteiger partial charge in [0.15, 0.2) is 5.96 Å². The van der Waals surface area contributed by atoms with Crippen LogP contribution in [0.3, 0.4) is 0 Å². The van der Waals surface area contributed by atoms with E-state index in [4.69, 9.17) is 4.74 Å². The molecule has 1 heterocycles. The minimum atomic E-state index is 0. The molecule has 1 aromatic carbocycles. The Balaban J connectivity index is 0.00000392. The number of nitrogens with one attached hydrogen (secondary N) is 2. The largest absolute Gasteiger partial charge is 0.497 e. The molecule has 28 heavy (non-hydrogen) atoms. The molecule has 6 nitrogen and oxygen atoms in total. The van der Waals surface area contributed by atoms with Gasteiger partial charge in [0.05, 0.1) is 12.8 Å². The zero-order valence-corrected chi connectivity index (χ0v) is 19.8. The molecule has 0 radical (unpaired) electrons. The molecule has 0 aliphatic rings. The molecular formula is C21H34IN5O. The number of methoxy groups -OCH3 is 1. The lowest BCUT2D eigenvalue weighted by Crippen LogP contribution is -2.38. The lowest BCUT2D eigenvalue weighted by atomic mass is 10.1. The first-order valence-electron chi connectivity index (χ1n) is 9.78. The molecule has 0 aliphatic carbocycles. The van der Waals surface area contributed by atoms with Gasteiger partial charge in [-0.15, -0.1) is 24.0 Å². The normalized spacial score (nSPS) is 11.1. The lowest BCUT2D eigenvalue weighted by molar-refractivity contribution is 0.414. The summed E-state index contributed by atoms with van der Waals surface area (Å²) >= 11 is 0. The minimum absolute atomic E-state index is 0. The van der Waals surface area contributed by atoms with Gasteiger partial charge in [-0.25, -0.2) is 0 Å². The maximum Gasteiger partial charge on any atom is 0.191 e. The molecule has 7 heteroatoms. The number of hydrogen-bond donors (Lipinski definition) is 2. The van der Waals surface area contributed by atoms with E-state index < -0.39 is 0 Å². The molecule has 2 rings (SSSR count). The van der Waals surface area contributed by atoms with Crippen molar-refractivity contribution in [1.29, 1.82) is 0 Å². The van der Waals surface area contributed by atoms with E-state index in [2.05, 4.69) is 57.5 Å². The highest BCUT2D eigenvalue weighted by Crippen LogP contribution is 2.12. The van der Waals surface area contributed by atoms with Gasteiger partial charge in [-0.05, 0) is 63.8 Å². The van der Waals surface area contributed by atoms with E-state index in [0.717, 1.165) is 62.8 Å². The van der Waals surface area contributed by atoms with E-state index in [-0.39, 0.29) is 24.0 Å². The van der Waals surface area contributed by atoms with Gasteiger partial charge in [0.2, 0.25) is 0 Å². The molecule has 0 saturated heterocycles. The van der Waals surface area contributed by atoms with Crippen LogP contribution in [0.5, 0.6) is 5.75 Å². The third-order valence-electron chi connectivity index (χ3n) is 4.34. The summed E-state index contributed by atoms with van der Waals surface area (Å²) in [6, 6.07) is 10.4. The Morgan fingerprint density at radius 3 is 2.50 bits per heavy atom. The van der Waals surface area contributed by atoms with Crippen molar-refractivity contribution in [3.05, 3.63) is 47.3 Å². The van der Waals surface area contributed by atoms with Crippen LogP contribution in [0.1, 0.15) is 36.7 Å². The van der Waals surface area contributed by atoms with Gasteiger partial charge >= 0.3 is 0 Å². The molecule has 0 atom stereocenters. The number of benzene rings is 1. The third kappa shape index (κ3) is 8.50. The number of guanidine groups is 1. The number of halogens is 1. The highest BCUT2D eigenvalue weighted by atomic mass is 127. The number of nitrogens with zero attached hydrogens (tertiary/aromatic N) is 3. The predicted molar refractivity (Wildman–Crippen MR) is 127 cm³/mol. The lowest BCUT2D eigenvalue weighted by Gasteiger charge is -2.11. The molecule has 2 aromatic rings. The fraction of sp³-hybridized carbons (Fsp3) is 0.524. The van der Waals surface area contributed by atoms with E-state index in [1.807, 2.05) is 19.1 Å². The zero-order valence-electron chi connectivity index (χ0n) is 17.5. The van der Waals surface area contributed by atoms with Crippen molar-refractivity contribution in [2.45, 2.75) is 46.6 Å². The van der Waals surface area contributed by atoms with Crippen LogP contribution in [0.4, 0.5) is 0 Å². The van der Waals surface area contributed by atoms with Crippen LogP contribution in [0.15, 0.2) is 35.3 Å². The van der Waals surface area contributed by atoms with Gasteiger partial charge in [0.1, 0.15) is 5.75 Å². The Kier molecular flexibility index (Phi) is 11.6. The van der Waals surface area contributed by atoms with E-state index >= 15 is 0 Å². The predicted octanol–water partition coefficient (Wildman–Crippen LogP) is 3.70. The SMILES string of the molecule is CCNC(=NCCCn1nc(C)cc1C)NCCCc1ccc(OC)cc1.I.